The SMILES string of the molecule is COCCN1CC[C@]2(CN(C(=O)N3CCCC3)C[C@H]2c2cn(C(C)C)cn2)C1=O. The van der Waals surface area contributed by atoms with E-state index in [2.05, 4.69) is 29.6 Å². The molecule has 0 saturated carbocycles. The Balaban J connectivity index is 1.62. The summed E-state index contributed by atoms with van der Waals surface area (Å²) >= 11 is 0. The molecule has 0 radical (unpaired) electrons. The van der Waals surface area contributed by atoms with Gasteiger partial charge in [0.05, 0.1) is 24.0 Å². The van der Waals surface area contributed by atoms with Gasteiger partial charge in [-0.05, 0) is 33.1 Å². The number of aromatic nitrogens is 2. The Morgan fingerprint density at radius 3 is 2.69 bits per heavy atom. The number of ether oxygens (including phenoxy) is 1. The number of hydrogen-bond donors (Lipinski definition) is 0. The summed E-state index contributed by atoms with van der Waals surface area (Å²) in [4.78, 5) is 37.1. The number of likely N-dealkylation sites (tertiary alicyclic amines) is 3. The van der Waals surface area contributed by atoms with Crippen LogP contribution < -0.4 is 0 Å². The molecule has 29 heavy (non-hydrogen) atoms. The first kappa shape index (κ1) is 20.2. The van der Waals surface area contributed by atoms with Crippen LogP contribution in [0.4, 0.5) is 4.79 Å². The number of urea groups is 1. The molecule has 1 spiro atoms. The highest BCUT2D eigenvalue weighted by molar-refractivity contribution is 5.88. The van der Waals surface area contributed by atoms with Gasteiger partial charge in [-0.1, -0.05) is 0 Å². The van der Waals surface area contributed by atoms with Gasteiger partial charge in [-0.15, -0.1) is 0 Å². The zero-order valence-electron chi connectivity index (χ0n) is 17.8. The van der Waals surface area contributed by atoms with Gasteiger partial charge in [0.25, 0.3) is 0 Å². The molecule has 8 heteroatoms. The van der Waals surface area contributed by atoms with Crippen LogP contribution in [0.1, 0.15) is 50.8 Å². The van der Waals surface area contributed by atoms with E-state index >= 15 is 0 Å². The third kappa shape index (κ3) is 3.52. The number of rotatable bonds is 5. The lowest BCUT2D eigenvalue weighted by atomic mass is 9.75. The van der Waals surface area contributed by atoms with Crippen molar-refractivity contribution in [2.24, 2.45) is 5.41 Å². The van der Waals surface area contributed by atoms with Gasteiger partial charge >= 0.3 is 6.03 Å². The fourth-order valence-corrected chi connectivity index (χ4v) is 5.10. The molecule has 3 fully saturated rings. The molecule has 4 rings (SSSR count). The molecular weight excluding hydrogens is 370 g/mol. The molecule has 2 atom stereocenters. The quantitative estimate of drug-likeness (QED) is 0.753. The summed E-state index contributed by atoms with van der Waals surface area (Å²) in [6, 6.07) is 0.393. The van der Waals surface area contributed by atoms with Crippen LogP contribution in [-0.2, 0) is 9.53 Å². The molecule has 0 bridgehead atoms. The topological polar surface area (TPSA) is 70.9 Å². The first-order valence-corrected chi connectivity index (χ1v) is 10.8. The van der Waals surface area contributed by atoms with Gasteiger partial charge in [0.15, 0.2) is 0 Å². The zero-order chi connectivity index (χ0) is 20.6. The minimum absolute atomic E-state index is 0.0610. The van der Waals surface area contributed by atoms with Crippen molar-refractivity contribution in [1.82, 2.24) is 24.3 Å². The normalized spacial score (nSPS) is 27.2. The van der Waals surface area contributed by atoms with Crippen molar-refractivity contribution < 1.29 is 14.3 Å². The molecule has 0 N–H and O–H groups in total. The predicted octanol–water partition coefficient (Wildman–Crippen LogP) is 1.94. The van der Waals surface area contributed by atoms with Crippen LogP contribution in [0.2, 0.25) is 0 Å². The molecule has 0 aliphatic carbocycles. The molecule has 3 aliphatic rings. The van der Waals surface area contributed by atoms with Crippen LogP contribution in [0.15, 0.2) is 12.5 Å². The predicted molar refractivity (Wildman–Crippen MR) is 109 cm³/mol. The van der Waals surface area contributed by atoms with Gasteiger partial charge in [0.1, 0.15) is 0 Å². The summed E-state index contributed by atoms with van der Waals surface area (Å²) in [6.45, 7) is 8.78. The monoisotopic (exact) mass is 403 g/mol. The average molecular weight is 404 g/mol. The molecule has 3 amide bonds. The lowest BCUT2D eigenvalue weighted by Crippen LogP contribution is -2.44. The third-order valence-corrected chi connectivity index (χ3v) is 6.87. The van der Waals surface area contributed by atoms with Crippen molar-refractivity contribution in [2.75, 3.05) is 53.0 Å². The highest BCUT2D eigenvalue weighted by Crippen LogP contribution is 2.49. The molecule has 0 unspecified atom stereocenters. The molecule has 1 aromatic heterocycles. The van der Waals surface area contributed by atoms with Crippen molar-refractivity contribution in [1.29, 1.82) is 0 Å². The van der Waals surface area contributed by atoms with Crippen molar-refractivity contribution in [3.05, 3.63) is 18.2 Å². The standard InChI is InChI=1S/C21H33N5O3/c1-16(2)26-13-18(22-15-26)17-12-25(20(28)24-7-4-5-8-24)14-21(17)6-9-23(19(21)27)10-11-29-3/h13,15-17H,4-12,14H2,1-3H3/t17-,21+/m0/s1. The fourth-order valence-electron chi connectivity index (χ4n) is 5.10. The Bertz CT molecular complexity index is 757. The van der Waals surface area contributed by atoms with Gasteiger partial charge in [0.2, 0.25) is 5.91 Å². The van der Waals surface area contributed by atoms with Gasteiger partial charge < -0.3 is 24.0 Å². The maximum absolute atomic E-state index is 13.5. The average Bonchev–Trinajstić information content (AvgIpc) is 3.49. The Morgan fingerprint density at radius 1 is 1.28 bits per heavy atom. The third-order valence-electron chi connectivity index (χ3n) is 6.87. The summed E-state index contributed by atoms with van der Waals surface area (Å²) in [5.41, 5.74) is 0.358. The summed E-state index contributed by atoms with van der Waals surface area (Å²) < 4.78 is 7.27. The van der Waals surface area contributed by atoms with E-state index in [9.17, 15) is 9.59 Å². The van der Waals surface area contributed by atoms with Crippen LogP contribution in [0.3, 0.4) is 0 Å². The Labute approximate surface area is 172 Å². The second-order valence-electron chi connectivity index (χ2n) is 8.94. The lowest BCUT2D eigenvalue weighted by molar-refractivity contribution is -0.136. The molecule has 1 aromatic rings. The first-order valence-electron chi connectivity index (χ1n) is 10.8. The Hall–Kier alpha value is -2.09. The smallest absolute Gasteiger partial charge is 0.320 e. The van der Waals surface area contributed by atoms with Gasteiger partial charge in [-0.3, -0.25) is 4.79 Å². The molecule has 3 aliphatic heterocycles. The summed E-state index contributed by atoms with van der Waals surface area (Å²) in [7, 11) is 1.66. The number of imidazole rings is 1. The van der Waals surface area contributed by atoms with Gasteiger partial charge in [-0.2, -0.15) is 0 Å². The number of carbonyl (C=O) groups is 2. The first-order chi connectivity index (χ1) is 14.0. The maximum atomic E-state index is 13.5. The van der Waals surface area contributed by atoms with E-state index in [-0.39, 0.29) is 17.9 Å². The molecule has 8 nitrogen and oxygen atoms in total. The Kier molecular flexibility index (Phi) is 5.55. The largest absolute Gasteiger partial charge is 0.383 e. The van der Waals surface area contributed by atoms with E-state index in [1.165, 1.54) is 0 Å². The lowest BCUT2D eigenvalue weighted by Gasteiger charge is -2.28. The summed E-state index contributed by atoms with van der Waals surface area (Å²) in [5.74, 6) is 0.0875. The molecule has 3 saturated heterocycles. The van der Waals surface area contributed by atoms with E-state index in [0.29, 0.717) is 32.3 Å². The fraction of sp³-hybridized carbons (Fsp3) is 0.762. The second-order valence-corrected chi connectivity index (χ2v) is 8.94. The molecule has 160 valence electrons. The van der Waals surface area contributed by atoms with Gasteiger partial charge in [-0.25, -0.2) is 9.78 Å². The molecule has 0 aromatic carbocycles. The number of nitrogens with zero attached hydrogens (tertiary/aromatic N) is 5. The van der Waals surface area contributed by atoms with Crippen LogP contribution in [0.25, 0.3) is 0 Å². The minimum Gasteiger partial charge on any atom is -0.383 e. The van der Waals surface area contributed by atoms with E-state index < -0.39 is 5.41 Å². The van der Waals surface area contributed by atoms with Crippen molar-refractivity contribution >= 4 is 11.9 Å². The minimum atomic E-state index is -0.570. The number of amides is 3. The summed E-state index contributed by atoms with van der Waals surface area (Å²) in [6.07, 6.45) is 6.80. The van der Waals surface area contributed by atoms with E-state index in [4.69, 9.17) is 4.74 Å². The van der Waals surface area contributed by atoms with Crippen LogP contribution in [-0.4, -0.2) is 89.2 Å². The maximum Gasteiger partial charge on any atom is 0.320 e. The van der Waals surface area contributed by atoms with Crippen LogP contribution in [0.5, 0.6) is 0 Å². The molecular formula is C21H33N5O3. The van der Waals surface area contributed by atoms with E-state index in [0.717, 1.165) is 44.6 Å². The number of methoxy groups -OCH3 is 1. The van der Waals surface area contributed by atoms with E-state index in [1.807, 2.05) is 21.0 Å². The number of carbonyl (C=O) groups excluding carboxylic acids is 2. The molecule has 4 heterocycles. The van der Waals surface area contributed by atoms with Crippen LogP contribution >= 0.6 is 0 Å². The summed E-state index contributed by atoms with van der Waals surface area (Å²) in [5, 5.41) is 0. The van der Waals surface area contributed by atoms with Crippen molar-refractivity contribution in [2.45, 2.75) is 45.1 Å². The highest BCUT2D eigenvalue weighted by atomic mass is 16.5. The second kappa shape index (κ2) is 7.97. The zero-order valence-corrected chi connectivity index (χ0v) is 17.8. The van der Waals surface area contributed by atoms with Crippen LogP contribution in [0, 0.1) is 5.41 Å². The van der Waals surface area contributed by atoms with E-state index in [1.54, 1.807) is 7.11 Å². The van der Waals surface area contributed by atoms with Crippen molar-refractivity contribution in [3.63, 3.8) is 0 Å². The van der Waals surface area contributed by atoms with Gasteiger partial charge in [0, 0.05) is 64.5 Å². The highest BCUT2D eigenvalue weighted by Gasteiger charge is 2.59. The number of hydrogen-bond acceptors (Lipinski definition) is 4. The van der Waals surface area contributed by atoms with Crippen molar-refractivity contribution in [3.8, 4) is 0 Å². The Morgan fingerprint density at radius 2 is 2.03 bits per heavy atom.